The lowest BCUT2D eigenvalue weighted by atomic mass is 10.1. The van der Waals surface area contributed by atoms with Gasteiger partial charge in [-0.15, -0.1) is 0 Å². The van der Waals surface area contributed by atoms with E-state index < -0.39 is 34.5 Å². The zero-order valence-electron chi connectivity index (χ0n) is 14.7. The molecule has 0 bridgehead atoms. The van der Waals surface area contributed by atoms with Crippen LogP contribution in [0.3, 0.4) is 0 Å². The van der Waals surface area contributed by atoms with E-state index >= 15 is 0 Å². The van der Waals surface area contributed by atoms with Gasteiger partial charge in [-0.05, 0) is 12.1 Å². The van der Waals surface area contributed by atoms with Crippen LogP contribution in [0, 0.1) is 10.1 Å². The topological polar surface area (TPSA) is 105 Å². The van der Waals surface area contributed by atoms with Crippen molar-refractivity contribution in [3.63, 3.8) is 0 Å². The van der Waals surface area contributed by atoms with Gasteiger partial charge in [-0.3, -0.25) is 10.1 Å². The molecule has 12 heteroatoms. The molecule has 3 aromatic rings. The summed E-state index contributed by atoms with van der Waals surface area (Å²) in [6.45, 7) is -3.52. The van der Waals surface area contributed by atoms with Gasteiger partial charge >= 0.3 is 12.6 Å². The monoisotopic (exact) mass is 427 g/mol. The van der Waals surface area contributed by atoms with Gasteiger partial charge in [0.1, 0.15) is 17.8 Å². The number of nitro groups is 1. The van der Waals surface area contributed by atoms with Crippen LogP contribution in [0.5, 0.6) is 11.5 Å². The van der Waals surface area contributed by atoms with E-state index in [0.29, 0.717) is 22.4 Å². The average molecular weight is 428 g/mol. The number of ether oxygens (including phenoxy) is 3. The average Bonchev–Trinajstić information content (AvgIpc) is 3.07. The van der Waals surface area contributed by atoms with E-state index in [1.54, 1.807) is 28.9 Å². The molecule has 1 aromatic carbocycles. The number of pyridine rings is 1. The first-order valence-corrected chi connectivity index (χ1v) is 8.27. The van der Waals surface area contributed by atoms with Crippen molar-refractivity contribution in [1.82, 2.24) is 9.38 Å². The van der Waals surface area contributed by atoms with Gasteiger partial charge < -0.3 is 18.6 Å². The summed E-state index contributed by atoms with van der Waals surface area (Å²) in [5, 5.41) is 11.8. The fourth-order valence-corrected chi connectivity index (χ4v) is 2.68. The summed E-state index contributed by atoms with van der Waals surface area (Å²) in [4.78, 5) is 27.0. The Balaban J connectivity index is 1.85. The van der Waals surface area contributed by atoms with Gasteiger partial charge in [0, 0.05) is 18.5 Å². The van der Waals surface area contributed by atoms with Gasteiger partial charge in [0.25, 0.3) is 5.69 Å². The second kappa shape index (κ2) is 8.27. The number of hydrogen-bond acceptors (Lipinski definition) is 7. The molecule has 0 unspecified atom stereocenters. The zero-order chi connectivity index (χ0) is 21.1. The van der Waals surface area contributed by atoms with Crippen molar-refractivity contribution in [2.75, 3.05) is 7.11 Å². The molecule has 0 atom stereocenters. The highest BCUT2D eigenvalue weighted by Crippen LogP contribution is 2.36. The summed E-state index contributed by atoms with van der Waals surface area (Å²) < 4.78 is 40.8. The van der Waals surface area contributed by atoms with Crippen molar-refractivity contribution in [2.45, 2.75) is 13.2 Å². The Labute approximate surface area is 166 Å². The Morgan fingerprint density at radius 3 is 2.72 bits per heavy atom. The summed E-state index contributed by atoms with van der Waals surface area (Å²) in [5.74, 6) is -1.93. The number of halogens is 3. The summed E-state index contributed by atoms with van der Waals surface area (Å²) in [7, 11) is 1.14. The predicted molar refractivity (Wildman–Crippen MR) is 95.6 cm³/mol. The fraction of sp³-hybridized carbons (Fsp3) is 0.176. The van der Waals surface area contributed by atoms with E-state index in [9.17, 15) is 23.7 Å². The minimum Gasteiger partial charge on any atom is -0.493 e. The quantitative estimate of drug-likeness (QED) is 0.320. The Kier molecular flexibility index (Phi) is 5.78. The SMILES string of the molecule is COc1cc(C(=O)OCc2cn3cc(Cl)ccc3n2)c([N+](=O)[O-])cc1OC(F)F. The third kappa shape index (κ3) is 4.51. The maximum Gasteiger partial charge on any atom is 0.387 e. The van der Waals surface area contributed by atoms with Crippen molar-refractivity contribution in [1.29, 1.82) is 0 Å². The first-order valence-electron chi connectivity index (χ1n) is 7.90. The van der Waals surface area contributed by atoms with Crippen LogP contribution < -0.4 is 9.47 Å². The molecule has 0 spiro atoms. The molecule has 0 N–H and O–H groups in total. The highest BCUT2D eigenvalue weighted by Gasteiger charge is 2.27. The van der Waals surface area contributed by atoms with Gasteiger partial charge in [0.05, 0.1) is 28.8 Å². The number of rotatable bonds is 7. The lowest BCUT2D eigenvalue weighted by molar-refractivity contribution is -0.385. The molecule has 0 aliphatic heterocycles. The van der Waals surface area contributed by atoms with E-state index in [1.165, 1.54) is 0 Å². The normalized spacial score (nSPS) is 10.9. The van der Waals surface area contributed by atoms with Crippen molar-refractivity contribution in [3.05, 3.63) is 63.1 Å². The smallest absolute Gasteiger partial charge is 0.387 e. The number of methoxy groups -OCH3 is 1. The number of hydrogen-bond donors (Lipinski definition) is 0. The van der Waals surface area contributed by atoms with Crippen LogP contribution in [0.2, 0.25) is 5.02 Å². The molecule has 2 heterocycles. The largest absolute Gasteiger partial charge is 0.493 e. The maximum absolute atomic E-state index is 12.5. The second-order valence-corrected chi connectivity index (χ2v) is 6.01. The number of benzene rings is 1. The third-order valence-electron chi connectivity index (χ3n) is 3.73. The van der Waals surface area contributed by atoms with Crippen LogP contribution in [-0.2, 0) is 11.3 Å². The molecule has 3 rings (SSSR count). The van der Waals surface area contributed by atoms with E-state index in [2.05, 4.69) is 9.72 Å². The third-order valence-corrected chi connectivity index (χ3v) is 3.95. The lowest BCUT2D eigenvalue weighted by Crippen LogP contribution is -2.11. The molecule has 0 saturated carbocycles. The number of imidazole rings is 1. The molecule has 9 nitrogen and oxygen atoms in total. The Morgan fingerprint density at radius 1 is 1.31 bits per heavy atom. The molecule has 0 fully saturated rings. The van der Waals surface area contributed by atoms with Gasteiger partial charge in [-0.2, -0.15) is 8.78 Å². The van der Waals surface area contributed by atoms with Crippen molar-refractivity contribution >= 4 is 28.9 Å². The van der Waals surface area contributed by atoms with E-state index in [-0.39, 0.29) is 12.4 Å². The molecule has 0 aliphatic carbocycles. The predicted octanol–water partition coefficient (Wildman–Crippen LogP) is 3.86. The van der Waals surface area contributed by atoms with Crippen LogP contribution in [0.15, 0.2) is 36.7 Å². The molecule has 0 aliphatic rings. The van der Waals surface area contributed by atoms with Gasteiger partial charge in [0.2, 0.25) is 0 Å². The minimum atomic E-state index is -3.23. The van der Waals surface area contributed by atoms with Gasteiger partial charge in [-0.25, -0.2) is 9.78 Å². The molecular weight excluding hydrogens is 416 g/mol. The Bertz CT molecular complexity index is 1090. The number of nitrogens with zero attached hydrogens (tertiary/aromatic N) is 3. The van der Waals surface area contributed by atoms with Gasteiger partial charge in [-0.1, -0.05) is 11.6 Å². The summed E-state index contributed by atoms with van der Waals surface area (Å²) in [5.41, 5.74) is -0.331. The van der Waals surface area contributed by atoms with Crippen molar-refractivity contribution in [2.24, 2.45) is 0 Å². The number of aromatic nitrogens is 2. The molecule has 152 valence electrons. The lowest BCUT2D eigenvalue weighted by Gasteiger charge is -2.11. The Morgan fingerprint density at radius 2 is 2.07 bits per heavy atom. The summed E-state index contributed by atoms with van der Waals surface area (Å²) >= 11 is 5.89. The maximum atomic E-state index is 12.5. The Hall–Kier alpha value is -3.47. The first-order chi connectivity index (χ1) is 13.8. The molecule has 0 saturated heterocycles. The van der Waals surface area contributed by atoms with E-state index in [4.69, 9.17) is 21.1 Å². The number of fused-ring (bicyclic) bond motifs is 1. The van der Waals surface area contributed by atoms with Crippen LogP contribution in [0.1, 0.15) is 16.1 Å². The number of alkyl halides is 2. The highest BCUT2D eigenvalue weighted by atomic mass is 35.5. The molecule has 0 radical (unpaired) electrons. The zero-order valence-corrected chi connectivity index (χ0v) is 15.4. The van der Waals surface area contributed by atoms with Crippen LogP contribution >= 0.6 is 11.6 Å². The standard InChI is InChI=1S/C17H12ClF2N3O6/c1-27-13-4-11(12(23(25)26)5-14(13)29-17(19)20)16(24)28-8-10-7-22-6-9(18)2-3-15(22)21-10/h2-7,17H,8H2,1H3. The van der Waals surface area contributed by atoms with Crippen LogP contribution in [0.4, 0.5) is 14.5 Å². The van der Waals surface area contributed by atoms with Crippen LogP contribution in [-0.4, -0.2) is 34.0 Å². The highest BCUT2D eigenvalue weighted by molar-refractivity contribution is 6.30. The molecule has 2 aromatic heterocycles. The number of nitro benzene ring substituents is 1. The fourth-order valence-electron chi connectivity index (χ4n) is 2.52. The minimum absolute atomic E-state index is 0.285. The molecular formula is C17H12ClF2N3O6. The summed E-state index contributed by atoms with van der Waals surface area (Å²) in [6, 6.07) is 4.87. The van der Waals surface area contributed by atoms with Crippen LogP contribution in [0.25, 0.3) is 5.65 Å². The van der Waals surface area contributed by atoms with Crippen molar-refractivity contribution in [3.8, 4) is 11.5 Å². The number of esters is 1. The van der Waals surface area contributed by atoms with Crippen molar-refractivity contribution < 1.29 is 32.7 Å². The number of carbonyl (C=O) groups is 1. The van der Waals surface area contributed by atoms with E-state index in [0.717, 1.165) is 13.2 Å². The summed E-state index contributed by atoms with van der Waals surface area (Å²) in [6.07, 6.45) is 3.18. The van der Waals surface area contributed by atoms with Gasteiger partial charge in [0.15, 0.2) is 11.5 Å². The van der Waals surface area contributed by atoms with E-state index in [1.807, 2.05) is 0 Å². The number of carbonyl (C=O) groups excluding carboxylic acids is 1. The first kappa shape index (κ1) is 20.3. The molecule has 0 amide bonds. The molecule has 29 heavy (non-hydrogen) atoms. The second-order valence-electron chi connectivity index (χ2n) is 5.58.